The maximum atomic E-state index is 12.2. The monoisotopic (exact) mass is 472 g/mol. The van der Waals surface area contributed by atoms with E-state index in [1.54, 1.807) is 50.6 Å². The minimum Gasteiger partial charge on any atom is -0.491 e. The molecular weight excluding hydrogens is 448 g/mol. The number of carbonyl (C=O) groups excluding carboxylic acids is 2. The highest BCUT2D eigenvalue weighted by Gasteiger charge is 2.16. The van der Waals surface area contributed by atoms with Crippen LogP contribution in [0.1, 0.15) is 27.6 Å². The van der Waals surface area contributed by atoms with Gasteiger partial charge in [-0.15, -0.1) is 0 Å². The van der Waals surface area contributed by atoms with Gasteiger partial charge in [0.1, 0.15) is 5.82 Å². The van der Waals surface area contributed by atoms with Gasteiger partial charge in [0.2, 0.25) is 0 Å². The van der Waals surface area contributed by atoms with Crippen LogP contribution < -0.4 is 20.5 Å². The number of nitrogens with one attached hydrogen (secondary N) is 1. The number of nitrogens with zero attached hydrogens (tertiary/aromatic N) is 2. The molecule has 0 aliphatic rings. The van der Waals surface area contributed by atoms with Gasteiger partial charge in [0.25, 0.3) is 11.8 Å². The van der Waals surface area contributed by atoms with E-state index in [0.29, 0.717) is 28.4 Å². The van der Waals surface area contributed by atoms with Gasteiger partial charge < -0.3 is 25.3 Å². The van der Waals surface area contributed by atoms with Crippen LogP contribution >= 0.6 is 0 Å². The van der Waals surface area contributed by atoms with Crippen LogP contribution in [0.2, 0.25) is 0 Å². The van der Waals surface area contributed by atoms with Crippen molar-refractivity contribution in [2.45, 2.75) is 6.92 Å². The number of fused-ring (bicyclic) bond motifs is 1. The van der Waals surface area contributed by atoms with E-state index in [1.807, 2.05) is 24.3 Å². The van der Waals surface area contributed by atoms with Crippen LogP contribution in [-0.4, -0.2) is 42.7 Å². The molecular formula is C26H24N4O5. The molecule has 0 aliphatic carbocycles. The van der Waals surface area contributed by atoms with E-state index in [9.17, 15) is 9.59 Å². The number of aromatic nitrogens is 2. The Labute approximate surface area is 201 Å². The fourth-order valence-electron chi connectivity index (χ4n) is 3.69. The number of nitrogens with two attached hydrogens (primary N) is 1. The number of primary amides is 1. The van der Waals surface area contributed by atoms with Gasteiger partial charge in [-0.05, 0) is 48.9 Å². The zero-order valence-corrected chi connectivity index (χ0v) is 19.5. The summed E-state index contributed by atoms with van der Waals surface area (Å²) in [7, 11) is 3.07. The topological polar surface area (TPSA) is 126 Å². The minimum absolute atomic E-state index is 0.218. The largest absolute Gasteiger partial charge is 0.491 e. The van der Waals surface area contributed by atoms with Crippen LogP contribution in [0.15, 0.2) is 60.8 Å². The van der Waals surface area contributed by atoms with E-state index in [4.69, 9.17) is 19.9 Å². The number of carbonyl (C=O) groups is 2. The average Bonchev–Trinajstić information content (AvgIpc) is 2.87. The summed E-state index contributed by atoms with van der Waals surface area (Å²) in [5.74, 6) is 0.0582. The summed E-state index contributed by atoms with van der Waals surface area (Å²) in [6.07, 6.45) is 1.63. The smallest absolute Gasteiger partial charge is 0.338 e. The first-order valence-corrected chi connectivity index (χ1v) is 10.8. The first kappa shape index (κ1) is 23.5. The first-order chi connectivity index (χ1) is 16.9. The fourth-order valence-corrected chi connectivity index (χ4v) is 3.69. The van der Waals surface area contributed by atoms with Crippen molar-refractivity contribution < 1.29 is 23.8 Å². The second-order valence-electron chi connectivity index (χ2n) is 7.48. The summed E-state index contributed by atoms with van der Waals surface area (Å²) >= 11 is 0. The molecule has 4 aromatic rings. The molecule has 0 bridgehead atoms. The molecule has 2 aromatic carbocycles. The molecule has 2 heterocycles. The predicted molar refractivity (Wildman–Crippen MR) is 132 cm³/mol. The Morgan fingerprint density at radius 1 is 1.03 bits per heavy atom. The molecule has 9 nitrogen and oxygen atoms in total. The van der Waals surface area contributed by atoms with Gasteiger partial charge >= 0.3 is 5.97 Å². The molecule has 0 saturated heterocycles. The molecule has 9 heteroatoms. The standard InChI is InChI=1S/C26H24N4O5/c1-4-35-26(32)17-6-5-7-18(12-17)29-24-20(23(27)31)13-16-9-8-15(14-21(16)30-24)19-10-11-28-25(34-3)22(19)33-2/h5-14H,4H2,1-3H3,(H2,27,31)(H,29,30). The van der Waals surface area contributed by atoms with Crippen LogP contribution in [0.4, 0.5) is 11.5 Å². The molecule has 0 saturated carbocycles. The van der Waals surface area contributed by atoms with E-state index in [1.165, 1.54) is 7.11 Å². The van der Waals surface area contributed by atoms with Crippen LogP contribution in [0.25, 0.3) is 22.0 Å². The third-order valence-electron chi connectivity index (χ3n) is 5.30. The van der Waals surface area contributed by atoms with E-state index in [2.05, 4.69) is 15.3 Å². The number of pyridine rings is 2. The maximum Gasteiger partial charge on any atom is 0.338 e. The molecule has 3 N–H and O–H groups in total. The number of rotatable bonds is 8. The minimum atomic E-state index is -0.631. The molecule has 178 valence electrons. The third-order valence-corrected chi connectivity index (χ3v) is 5.30. The highest BCUT2D eigenvalue weighted by Crippen LogP contribution is 2.37. The lowest BCUT2D eigenvalue weighted by Crippen LogP contribution is -2.14. The van der Waals surface area contributed by atoms with Crippen molar-refractivity contribution in [1.82, 2.24) is 9.97 Å². The van der Waals surface area contributed by atoms with Crippen LogP contribution in [-0.2, 0) is 4.74 Å². The van der Waals surface area contributed by atoms with Crippen LogP contribution in [0.3, 0.4) is 0 Å². The van der Waals surface area contributed by atoms with Gasteiger partial charge in [-0.25, -0.2) is 14.8 Å². The summed E-state index contributed by atoms with van der Waals surface area (Å²) in [5, 5.41) is 3.84. The highest BCUT2D eigenvalue weighted by molar-refractivity contribution is 6.02. The quantitative estimate of drug-likeness (QED) is 0.363. The number of hydrogen-bond donors (Lipinski definition) is 2. The number of amides is 1. The lowest BCUT2D eigenvalue weighted by Gasteiger charge is -2.14. The molecule has 0 unspecified atom stereocenters. The first-order valence-electron chi connectivity index (χ1n) is 10.8. The van der Waals surface area contributed by atoms with E-state index >= 15 is 0 Å². The lowest BCUT2D eigenvalue weighted by atomic mass is 10.0. The van der Waals surface area contributed by atoms with E-state index < -0.39 is 11.9 Å². The van der Waals surface area contributed by atoms with Crippen molar-refractivity contribution in [2.75, 3.05) is 26.1 Å². The number of anilines is 2. The summed E-state index contributed by atoms with van der Waals surface area (Å²) in [5.41, 5.74) is 9.01. The molecule has 4 rings (SSSR count). The van der Waals surface area contributed by atoms with Crippen LogP contribution in [0.5, 0.6) is 11.6 Å². The summed E-state index contributed by atoms with van der Waals surface area (Å²) < 4.78 is 15.9. The Balaban J connectivity index is 1.79. The van der Waals surface area contributed by atoms with Crippen LogP contribution in [0, 0.1) is 0 Å². The Bertz CT molecular complexity index is 1420. The van der Waals surface area contributed by atoms with Gasteiger partial charge in [-0.2, -0.15) is 0 Å². The van der Waals surface area contributed by atoms with Crippen molar-refractivity contribution in [2.24, 2.45) is 5.73 Å². The Morgan fingerprint density at radius 3 is 2.57 bits per heavy atom. The Hall–Kier alpha value is -4.66. The van der Waals surface area contributed by atoms with Gasteiger partial charge in [0.15, 0.2) is 5.75 Å². The molecule has 0 radical (unpaired) electrons. The fraction of sp³-hybridized carbons (Fsp3) is 0.154. The molecule has 0 spiro atoms. The zero-order chi connectivity index (χ0) is 24.9. The third kappa shape index (κ3) is 4.84. The number of hydrogen-bond acceptors (Lipinski definition) is 8. The predicted octanol–water partition coefficient (Wildman–Crippen LogP) is 4.33. The molecule has 0 aliphatic heterocycles. The van der Waals surface area contributed by atoms with Gasteiger partial charge in [0, 0.05) is 22.8 Å². The lowest BCUT2D eigenvalue weighted by molar-refractivity contribution is 0.0526. The molecule has 1 amide bonds. The molecule has 2 aromatic heterocycles. The average molecular weight is 473 g/mol. The maximum absolute atomic E-state index is 12.2. The summed E-state index contributed by atoms with van der Waals surface area (Å²) in [4.78, 5) is 33.1. The highest BCUT2D eigenvalue weighted by atomic mass is 16.5. The van der Waals surface area contributed by atoms with Gasteiger partial charge in [-0.1, -0.05) is 18.2 Å². The molecule has 0 atom stereocenters. The number of ether oxygens (including phenoxy) is 3. The van der Waals surface area contributed by atoms with E-state index in [-0.39, 0.29) is 18.0 Å². The molecule has 35 heavy (non-hydrogen) atoms. The van der Waals surface area contributed by atoms with E-state index in [0.717, 1.165) is 16.5 Å². The van der Waals surface area contributed by atoms with Crippen molar-refractivity contribution >= 4 is 34.3 Å². The van der Waals surface area contributed by atoms with Gasteiger partial charge in [-0.3, -0.25) is 4.79 Å². The second kappa shape index (κ2) is 10.1. The number of methoxy groups -OCH3 is 2. The number of esters is 1. The van der Waals surface area contributed by atoms with Crippen molar-refractivity contribution in [1.29, 1.82) is 0 Å². The second-order valence-corrected chi connectivity index (χ2v) is 7.48. The summed E-state index contributed by atoms with van der Waals surface area (Å²) in [6, 6.07) is 15.8. The normalized spacial score (nSPS) is 10.6. The number of benzene rings is 2. The van der Waals surface area contributed by atoms with Crippen molar-refractivity contribution in [3.8, 4) is 22.8 Å². The molecule has 0 fully saturated rings. The summed E-state index contributed by atoms with van der Waals surface area (Å²) in [6.45, 7) is 2.01. The Morgan fingerprint density at radius 2 is 1.86 bits per heavy atom. The SMILES string of the molecule is CCOC(=O)c1cccc(Nc2nc3cc(-c4ccnc(OC)c4OC)ccc3cc2C(N)=O)c1. The zero-order valence-electron chi connectivity index (χ0n) is 19.5. The van der Waals surface area contributed by atoms with Crippen molar-refractivity contribution in [3.63, 3.8) is 0 Å². The Kier molecular flexibility index (Phi) is 6.77. The van der Waals surface area contributed by atoms with Gasteiger partial charge in [0.05, 0.1) is 37.5 Å². The van der Waals surface area contributed by atoms with Crippen molar-refractivity contribution in [3.05, 3.63) is 71.9 Å².